The molecule has 0 radical (unpaired) electrons. The van der Waals surface area contributed by atoms with Gasteiger partial charge in [-0.3, -0.25) is 4.79 Å². The lowest BCUT2D eigenvalue weighted by molar-refractivity contribution is 0.0935. The first-order chi connectivity index (χ1) is 13.6. The third kappa shape index (κ3) is 4.56. The topological polar surface area (TPSA) is 58.1 Å². The molecule has 0 atom stereocenters. The zero-order chi connectivity index (χ0) is 19.5. The lowest BCUT2D eigenvalue weighted by atomic mass is 10.1. The molecule has 3 aromatic rings. The number of piperidine rings is 1. The first-order valence-electron chi connectivity index (χ1n) is 9.26. The summed E-state index contributed by atoms with van der Waals surface area (Å²) in [6.45, 7) is 3.70. The van der Waals surface area contributed by atoms with Crippen molar-refractivity contribution in [2.45, 2.75) is 32.2 Å². The van der Waals surface area contributed by atoms with Crippen molar-refractivity contribution >= 4 is 33.7 Å². The Balaban J connectivity index is 1.29. The summed E-state index contributed by atoms with van der Waals surface area (Å²) in [6, 6.07) is 10.5. The van der Waals surface area contributed by atoms with E-state index in [0.29, 0.717) is 6.42 Å². The third-order valence-electron chi connectivity index (χ3n) is 4.79. The van der Waals surface area contributed by atoms with E-state index in [9.17, 15) is 9.18 Å². The van der Waals surface area contributed by atoms with Gasteiger partial charge in [-0.1, -0.05) is 23.5 Å². The molecule has 0 aliphatic carbocycles. The fourth-order valence-electron chi connectivity index (χ4n) is 3.25. The molecule has 8 heteroatoms. The molecule has 5 nitrogen and oxygen atoms in total. The van der Waals surface area contributed by atoms with Gasteiger partial charge in [-0.05, 0) is 49.6 Å². The number of amides is 1. The number of halogens is 1. The summed E-state index contributed by atoms with van der Waals surface area (Å²) in [5.74, 6) is -0.208. The Hall–Kier alpha value is -2.32. The van der Waals surface area contributed by atoms with Crippen LogP contribution in [0.25, 0.3) is 0 Å². The van der Waals surface area contributed by atoms with Crippen LogP contribution in [0.3, 0.4) is 0 Å². The Bertz CT molecular complexity index is 945. The molecule has 0 spiro atoms. The van der Waals surface area contributed by atoms with Crippen LogP contribution in [0, 0.1) is 12.7 Å². The van der Waals surface area contributed by atoms with E-state index in [1.54, 1.807) is 23.5 Å². The van der Waals surface area contributed by atoms with Gasteiger partial charge in [0.05, 0.1) is 4.88 Å². The fraction of sp³-hybridized carbons (Fsp3) is 0.350. The minimum atomic E-state index is -0.231. The van der Waals surface area contributed by atoms with Gasteiger partial charge < -0.3 is 10.2 Å². The van der Waals surface area contributed by atoms with E-state index in [-0.39, 0.29) is 17.8 Å². The van der Waals surface area contributed by atoms with Crippen LogP contribution in [-0.2, 0) is 6.42 Å². The minimum Gasteiger partial charge on any atom is -0.348 e. The van der Waals surface area contributed by atoms with Gasteiger partial charge in [0, 0.05) is 30.4 Å². The Morgan fingerprint density at radius 3 is 2.57 bits per heavy atom. The number of aryl methyl sites for hydroxylation is 1. The quantitative estimate of drug-likeness (QED) is 0.682. The number of nitrogens with one attached hydrogen (secondary N) is 1. The molecule has 0 saturated carbocycles. The Morgan fingerprint density at radius 2 is 1.89 bits per heavy atom. The second-order valence-corrected chi connectivity index (χ2v) is 9.26. The summed E-state index contributed by atoms with van der Waals surface area (Å²) in [6.07, 6.45) is 2.44. The Labute approximate surface area is 171 Å². The number of rotatable bonds is 5. The number of carbonyl (C=O) groups is 1. The van der Waals surface area contributed by atoms with Crippen molar-refractivity contribution < 1.29 is 9.18 Å². The first-order valence-corrected chi connectivity index (χ1v) is 10.9. The van der Waals surface area contributed by atoms with Gasteiger partial charge in [0.2, 0.25) is 5.13 Å². The molecule has 1 saturated heterocycles. The average molecular weight is 417 g/mol. The van der Waals surface area contributed by atoms with Crippen molar-refractivity contribution in [3.63, 3.8) is 0 Å². The van der Waals surface area contributed by atoms with E-state index in [4.69, 9.17) is 0 Å². The van der Waals surface area contributed by atoms with E-state index >= 15 is 0 Å². The van der Waals surface area contributed by atoms with Crippen molar-refractivity contribution in [1.82, 2.24) is 15.5 Å². The van der Waals surface area contributed by atoms with Gasteiger partial charge in [0.15, 0.2) is 0 Å². The largest absolute Gasteiger partial charge is 0.348 e. The number of hydrogen-bond donors (Lipinski definition) is 1. The van der Waals surface area contributed by atoms with Crippen LogP contribution in [-0.4, -0.2) is 35.2 Å². The molecule has 1 amide bonds. The van der Waals surface area contributed by atoms with E-state index in [2.05, 4.69) is 20.4 Å². The first kappa shape index (κ1) is 19.0. The zero-order valence-corrected chi connectivity index (χ0v) is 17.2. The van der Waals surface area contributed by atoms with Gasteiger partial charge in [-0.2, -0.15) is 0 Å². The van der Waals surface area contributed by atoms with Gasteiger partial charge in [0.1, 0.15) is 10.8 Å². The average Bonchev–Trinajstić information content (AvgIpc) is 3.33. The highest BCUT2D eigenvalue weighted by molar-refractivity contribution is 7.15. The predicted molar refractivity (Wildman–Crippen MR) is 111 cm³/mol. The lowest BCUT2D eigenvalue weighted by Gasteiger charge is -2.31. The molecule has 28 heavy (non-hydrogen) atoms. The zero-order valence-electron chi connectivity index (χ0n) is 15.5. The van der Waals surface area contributed by atoms with Crippen molar-refractivity contribution in [3.05, 3.63) is 62.5 Å². The second-order valence-electron chi connectivity index (χ2n) is 6.93. The third-order valence-corrected chi connectivity index (χ3v) is 6.77. The lowest BCUT2D eigenvalue weighted by Crippen LogP contribution is -2.44. The monoisotopic (exact) mass is 416 g/mol. The Morgan fingerprint density at radius 1 is 1.14 bits per heavy atom. The molecule has 0 unspecified atom stereocenters. The van der Waals surface area contributed by atoms with E-state index < -0.39 is 0 Å². The molecule has 1 N–H and O–H groups in total. The molecule has 1 aliphatic rings. The summed E-state index contributed by atoms with van der Waals surface area (Å²) in [5, 5.41) is 13.6. The highest BCUT2D eigenvalue weighted by Gasteiger charge is 2.23. The summed E-state index contributed by atoms with van der Waals surface area (Å²) < 4.78 is 13.0. The van der Waals surface area contributed by atoms with Crippen LogP contribution in [0.2, 0.25) is 0 Å². The highest BCUT2D eigenvalue weighted by atomic mass is 32.1. The summed E-state index contributed by atoms with van der Waals surface area (Å²) in [4.78, 5) is 16.5. The molecule has 3 heterocycles. The summed E-state index contributed by atoms with van der Waals surface area (Å²) >= 11 is 3.10. The molecular formula is C20H21FN4OS2. The van der Waals surface area contributed by atoms with Gasteiger partial charge in [-0.15, -0.1) is 21.5 Å². The van der Waals surface area contributed by atoms with E-state index in [1.165, 1.54) is 23.5 Å². The molecule has 4 rings (SSSR count). The smallest absolute Gasteiger partial charge is 0.261 e. The molecule has 2 aromatic heterocycles. The van der Waals surface area contributed by atoms with Crippen LogP contribution in [0.1, 0.15) is 38.0 Å². The minimum absolute atomic E-state index is 0.0223. The maximum atomic E-state index is 13.0. The van der Waals surface area contributed by atoms with Crippen LogP contribution in [0.5, 0.6) is 0 Å². The number of thiophene rings is 1. The van der Waals surface area contributed by atoms with Crippen molar-refractivity contribution in [2.24, 2.45) is 0 Å². The van der Waals surface area contributed by atoms with Crippen LogP contribution >= 0.6 is 22.7 Å². The molecule has 1 aromatic carbocycles. The predicted octanol–water partition coefficient (Wildman–Crippen LogP) is 4.04. The van der Waals surface area contributed by atoms with Crippen molar-refractivity contribution in [3.8, 4) is 0 Å². The normalized spacial score (nSPS) is 15.0. The van der Waals surface area contributed by atoms with Crippen LogP contribution in [0.15, 0.2) is 36.4 Å². The van der Waals surface area contributed by atoms with Crippen molar-refractivity contribution in [1.29, 1.82) is 0 Å². The number of nitrogens with zero attached hydrogens (tertiary/aromatic N) is 3. The number of aromatic nitrogens is 2. The fourth-order valence-corrected chi connectivity index (χ4v) is 4.94. The van der Waals surface area contributed by atoms with Crippen LogP contribution in [0.4, 0.5) is 9.52 Å². The second kappa shape index (κ2) is 8.36. The van der Waals surface area contributed by atoms with Gasteiger partial charge >= 0.3 is 0 Å². The van der Waals surface area contributed by atoms with E-state index in [0.717, 1.165) is 51.4 Å². The van der Waals surface area contributed by atoms with Gasteiger partial charge in [0.25, 0.3) is 5.91 Å². The number of anilines is 1. The maximum absolute atomic E-state index is 13.0. The van der Waals surface area contributed by atoms with Crippen molar-refractivity contribution in [2.75, 3.05) is 18.0 Å². The SMILES string of the molecule is Cc1ccc(C(=O)NC2CCN(c3nnc(Cc4ccc(F)cc4)s3)CC2)s1. The van der Waals surface area contributed by atoms with E-state index in [1.807, 2.05) is 19.1 Å². The molecule has 1 fully saturated rings. The Kier molecular flexibility index (Phi) is 5.68. The number of benzene rings is 1. The molecule has 1 aliphatic heterocycles. The van der Waals surface area contributed by atoms with Crippen LogP contribution < -0.4 is 10.2 Å². The summed E-state index contributed by atoms with van der Waals surface area (Å²) in [5.41, 5.74) is 1.02. The molecule has 0 bridgehead atoms. The number of hydrogen-bond acceptors (Lipinski definition) is 6. The summed E-state index contributed by atoms with van der Waals surface area (Å²) in [7, 11) is 0. The maximum Gasteiger partial charge on any atom is 0.261 e. The molecular weight excluding hydrogens is 395 g/mol. The molecule has 146 valence electrons. The van der Waals surface area contributed by atoms with Gasteiger partial charge in [-0.25, -0.2) is 4.39 Å². The standard InChI is InChI=1S/C20H21FN4OS2/c1-13-2-7-17(27-13)19(26)22-16-8-10-25(11-9-16)20-24-23-18(28-20)12-14-3-5-15(21)6-4-14/h2-7,16H,8-12H2,1H3,(H,22,26). The highest BCUT2D eigenvalue weighted by Crippen LogP contribution is 2.26. The number of carbonyl (C=O) groups excluding carboxylic acids is 1.